The number of Topliss-reactive ketones (excluding diaryl/α,β-unsaturated/α-hetero) is 1. The van der Waals surface area contributed by atoms with E-state index in [1.165, 1.54) is 0 Å². The van der Waals surface area contributed by atoms with Gasteiger partial charge in [-0.25, -0.2) is 0 Å². The van der Waals surface area contributed by atoms with E-state index in [4.69, 9.17) is 9.47 Å². The van der Waals surface area contributed by atoms with Crippen LogP contribution in [0.5, 0.6) is 0 Å². The van der Waals surface area contributed by atoms with E-state index in [9.17, 15) is 14.4 Å². The van der Waals surface area contributed by atoms with Crippen LogP contribution in [0.4, 0.5) is 0 Å². The lowest BCUT2D eigenvalue weighted by Crippen LogP contribution is -2.28. The molecule has 0 radical (unpaired) electrons. The zero-order valence-corrected chi connectivity index (χ0v) is 11.9. The lowest BCUT2D eigenvalue weighted by atomic mass is 9.96. The Morgan fingerprint density at radius 3 is 2.19 bits per heavy atom. The fourth-order valence-electron chi connectivity index (χ4n) is 2.44. The van der Waals surface area contributed by atoms with Crippen molar-refractivity contribution in [3.8, 4) is 0 Å². The van der Waals surface area contributed by atoms with Crippen molar-refractivity contribution in [2.24, 2.45) is 11.8 Å². The molecule has 5 heteroatoms. The predicted molar refractivity (Wildman–Crippen MR) is 74.1 cm³/mol. The van der Waals surface area contributed by atoms with E-state index in [2.05, 4.69) is 0 Å². The van der Waals surface area contributed by atoms with Crippen LogP contribution in [0.15, 0.2) is 30.3 Å². The van der Waals surface area contributed by atoms with E-state index in [-0.39, 0.29) is 31.8 Å². The summed E-state index contributed by atoms with van der Waals surface area (Å²) >= 11 is 0. The molecule has 0 bridgehead atoms. The first-order valence-electron chi connectivity index (χ1n) is 7.00. The zero-order chi connectivity index (χ0) is 15.2. The van der Waals surface area contributed by atoms with Gasteiger partial charge in [-0.1, -0.05) is 30.3 Å². The van der Waals surface area contributed by atoms with Crippen molar-refractivity contribution >= 4 is 17.7 Å². The maximum absolute atomic E-state index is 12.1. The van der Waals surface area contributed by atoms with Gasteiger partial charge >= 0.3 is 11.9 Å². The summed E-state index contributed by atoms with van der Waals surface area (Å²) in [5, 5.41) is 0. The molecule has 2 rings (SSSR count). The van der Waals surface area contributed by atoms with E-state index in [0.717, 1.165) is 5.56 Å². The Morgan fingerprint density at radius 1 is 1.05 bits per heavy atom. The Labute approximate surface area is 123 Å². The van der Waals surface area contributed by atoms with Crippen molar-refractivity contribution in [3.63, 3.8) is 0 Å². The summed E-state index contributed by atoms with van der Waals surface area (Å²) in [6.07, 6.45) is 0.112. The molecule has 0 unspecified atom stereocenters. The molecular formula is C16H18O5. The molecule has 1 fully saturated rings. The minimum absolute atomic E-state index is 0.0527. The molecule has 1 aromatic carbocycles. The largest absolute Gasteiger partial charge is 0.466 e. The van der Waals surface area contributed by atoms with Crippen LogP contribution in [0.3, 0.4) is 0 Å². The molecule has 1 aliphatic carbocycles. The first kappa shape index (κ1) is 15.2. The fraction of sp³-hybridized carbons (Fsp3) is 0.438. The quantitative estimate of drug-likeness (QED) is 0.774. The number of ketones is 1. The first-order chi connectivity index (χ1) is 10.1. The summed E-state index contributed by atoms with van der Waals surface area (Å²) in [7, 11) is 0. The van der Waals surface area contributed by atoms with Crippen LogP contribution in [0.2, 0.25) is 0 Å². The second kappa shape index (κ2) is 7.02. The summed E-state index contributed by atoms with van der Waals surface area (Å²) in [5.74, 6) is -2.54. The van der Waals surface area contributed by atoms with Crippen molar-refractivity contribution in [3.05, 3.63) is 35.9 Å². The molecule has 0 aliphatic heterocycles. The van der Waals surface area contributed by atoms with Crippen molar-refractivity contribution in [2.45, 2.75) is 26.4 Å². The van der Waals surface area contributed by atoms with Gasteiger partial charge in [-0.2, -0.15) is 0 Å². The van der Waals surface area contributed by atoms with Gasteiger partial charge in [0.25, 0.3) is 0 Å². The predicted octanol–water partition coefficient (Wildman–Crippen LogP) is 1.89. The number of benzene rings is 1. The number of carbonyl (C=O) groups is 3. The van der Waals surface area contributed by atoms with Gasteiger partial charge in [-0.15, -0.1) is 0 Å². The highest BCUT2D eigenvalue weighted by Crippen LogP contribution is 2.31. The second-order valence-electron chi connectivity index (χ2n) is 5.01. The average molecular weight is 290 g/mol. The van der Waals surface area contributed by atoms with Crippen LogP contribution >= 0.6 is 0 Å². The van der Waals surface area contributed by atoms with Crippen LogP contribution in [-0.2, 0) is 30.5 Å². The monoisotopic (exact) mass is 290 g/mol. The highest BCUT2D eigenvalue weighted by molar-refractivity contribution is 5.95. The Balaban J connectivity index is 1.96. The number of hydrogen-bond donors (Lipinski definition) is 0. The van der Waals surface area contributed by atoms with E-state index >= 15 is 0 Å². The van der Waals surface area contributed by atoms with Gasteiger partial charge in [0.15, 0.2) is 0 Å². The van der Waals surface area contributed by atoms with Crippen molar-refractivity contribution in [2.75, 3.05) is 6.61 Å². The molecule has 0 amide bonds. The van der Waals surface area contributed by atoms with Crippen LogP contribution in [0.25, 0.3) is 0 Å². The molecule has 0 aromatic heterocycles. The molecule has 21 heavy (non-hydrogen) atoms. The van der Waals surface area contributed by atoms with Gasteiger partial charge in [-0.3, -0.25) is 14.4 Å². The SMILES string of the molecule is CCOC(=O)[C@H]1CC(=O)C[C@@H]1C(=O)OCc1ccccc1. The van der Waals surface area contributed by atoms with Gasteiger partial charge in [-0.05, 0) is 12.5 Å². The summed E-state index contributed by atoms with van der Waals surface area (Å²) in [4.78, 5) is 35.4. The third kappa shape index (κ3) is 3.90. The lowest BCUT2D eigenvalue weighted by molar-refractivity contribution is -0.159. The number of ether oxygens (including phenoxy) is 2. The molecule has 1 aliphatic rings. The molecular weight excluding hydrogens is 272 g/mol. The first-order valence-corrected chi connectivity index (χ1v) is 7.00. The third-order valence-electron chi connectivity index (χ3n) is 3.50. The lowest BCUT2D eigenvalue weighted by Gasteiger charge is -2.16. The minimum Gasteiger partial charge on any atom is -0.466 e. The average Bonchev–Trinajstić information content (AvgIpc) is 2.88. The van der Waals surface area contributed by atoms with Crippen molar-refractivity contribution < 1.29 is 23.9 Å². The van der Waals surface area contributed by atoms with Crippen LogP contribution in [-0.4, -0.2) is 24.3 Å². The molecule has 112 valence electrons. The van der Waals surface area contributed by atoms with Gasteiger partial charge in [0.05, 0.1) is 18.4 Å². The molecule has 5 nitrogen and oxygen atoms in total. The Bertz CT molecular complexity index is 523. The zero-order valence-electron chi connectivity index (χ0n) is 11.9. The van der Waals surface area contributed by atoms with Crippen LogP contribution in [0, 0.1) is 11.8 Å². The topological polar surface area (TPSA) is 69.7 Å². The molecule has 0 N–H and O–H groups in total. The van der Waals surface area contributed by atoms with E-state index in [1.807, 2.05) is 30.3 Å². The Hall–Kier alpha value is -2.17. The standard InChI is InChI=1S/C16H18O5/c1-2-20-15(18)13-8-12(17)9-14(13)16(19)21-10-11-6-4-3-5-7-11/h3-7,13-14H,2,8-10H2,1H3/t13-,14-/m0/s1. The van der Waals surface area contributed by atoms with Gasteiger partial charge in [0.1, 0.15) is 12.4 Å². The summed E-state index contributed by atoms with van der Waals surface area (Å²) in [5.41, 5.74) is 0.864. The number of esters is 2. The van der Waals surface area contributed by atoms with E-state index < -0.39 is 23.8 Å². The molecule has 0 saturated heterocycles. The van der Waals surface area contributed by atoms with Gasteiger partial charge in [0.2, 0.25) is 0 Å². The maximum Gasteiger partial charge on any atom is 0.310 e. The second-order valence-corrected chi connectivity index (χ2v) is 5.01. The number of rotatable bonds is 5. The number of carbonyl (C=O) groups excluding carboxylic acids is 3. The number of hydrogen-bond acceptors (Lipinski definition) is 5. The molecule has 1 aromatic rings. The van der Waals surface area contributed by atoms with Crippen molar-refractivity contribution in [1.82, 2.24) is 0 Å². The highest BCUT2D eigenvalue weighted by Gasteiger charge is 2.43. The summed E-state index contributed by atoms with van der Waals surface area (Å²) < 4.78 is 10.1. The van der Waals surface area contributed by atoms with Crippen LogP contribution < -0.4 is 0 Å². The maximum atomic E-state index is 12.1. The summed E-state index contributed by atoms with van der Waals surface area (Å²) in [6.45, 7) is 2.06. The van der Waals surface area contributed by atoms with E-state index in [0.29, 0.717) is 0 Å². The minimum atomic E-state index is -0.722. The Kier molecular flexibility index (Phi) is 5.09. The fourth-order valence-corrected chi connectivity index (χ4v) is 2.44. The molecule has 2 atom stereocenters. The van der Waals surface area contributed by atoms with Gasteiger partial charge in [0, 0.05) is 12.8 Å². The van der Waals surface area contributed by atoms with Crippen molar-refractivity contribution in [1.29, 1.82) is 0 Å². The Morgan fingerprint density at radius 2 is 1.62 bits per heavy atom. The molecule has 0 heterocycles. The molecule has 0 spiro atoms. The van der Waals surface area contributed by atoms with Crippen LogP contribution in [0.1, 0.15) is 25.3 Å². The van der Waals surface area contributed by atoms with Gasteiger partial charge < -0.3 is 9.47 Å². The molecule has 1 saturated carbocycles. The highest BCUT2D eigenvalue weighted by atomic mass is 16.5. The normalized spacial score (nSPS) is 21.1. The smallest absolute Gasteiger partial charge is 0.310 e. The van der Waals surface area contributed by atoms with E-state index in [1.54, 1.807) is 6.92 Å². The summed E-state index contributed by atoms with van der Waals surface area (Å²) in [6, 6.07) is 9.26. The third-order valence-corrected chi connectivity index (χ3v) is 3.50.